The molecule has 0 saturated carbocycles. The summed E-state index contributed by atoms with van der Waals surface area (Å²) in [6.45, 7) is 0. The van der Waals surface area contributed by atoms with E-state index in [2.05, 4.69) is 17.1 Å². The van der Waals surface area contributed by atoms with Gasteiger partial charge < -0.3 is 4.98 Å². The van der Waals surface area contributed by atoms with Gasteiger partial charge in [0.05, 0.1) is 5.39 Å². The van der Waals surface area contributed by atoms with Gasteiger partial charge in [0.15, 0.2) is 5.16 Å². The van der Waals surface area contributed by atoms with E-state index in [0.29, 0.717) is 5.25 Å². The summed E-state index contributed by atoms with van der Waals surface area (Å²) in [6, 6.07) is 0. The van der Waals surface area contributed by atoms with Gasteiger partial charge in [-0.25, -0.2) is 4.98 Å². The molecule has 110 valence electrons. The highest BCUT2D eigenvalue weighted by atomic mass is 32.2. The number of hydrogen-bond donors (Lipinski definition) is 1. The van der Waals surface area contributed by atoms with Gasteiger partial charge in [-0.2, -0.15) is 0 Å². The molecule has 21 heavy (non-hydrogen) atoms. The number of fused-ring (bicyclic) bond motifs is 3. The summed E-state index contributed by atoms with van der Waals surface area (Å²) >= 11 is 3.42. The summed E-state index contributed by atoms with van der Waals surface area (Å²) in [7, 11) is 0. The second kappa shape index (κ2) is 5.61. The second-order valence-corrected chi connectivity index (χ2v) is 8.09. The molecule has 2 aromatic rings. The number of thiophene rings is 1. The molecule has 1 atom stereocenters. The Bertz CT molecular complexity index is 759. The van der Waals surface area contributed by atoms with Gasteiger partial charge in [0.2, 0.25) is 0 Å². The van der Waals surface area contributed by atoms with Gasteiger partial charge in [-0.1, -0.05) is 23.9 Å². The van der Waals surface area contributed by atoms with Crippen LogP contribution in [0, 0.1) is 0 Å². The standard InChI is InChI=1S/C16H18N2OS2/c19-14-13-11-8-4-5-9-12(11)21-15(13)18-16(17-14)20-10-6-2-1-3-7-10/h2,6,10H,1,3-5,7-9H2,(H,17,18,19). The summed E-state index contributed by atoms with van der Waals surface area (Å²) in [6.07, 6.45) is 12.7. The Morgan fingerprint density at radius 3 is 3.05 bits per heavy atom. The third-order valence-corrected chi connectivity index (χ3v) is 6.57. The summed E-state index contributed by atoms with van der Waals surface area (Å²) in [5.41, 5.74) is 1.32. The molecule has 2 aliphatic rings. The van der Waals surface area contributed by atoms with Crippen LogP contribution >= 0.6 is 23.1 Å². The molecule has 0 aromatic carbocycles. The van der Waals surface area contributed by atoms with Crippen molar-refractivity contribution in [2.75, 3.05) is 0 Å². The van der Waals surface area contributed by atoms with E-state index in [-0.39, 0.29) is 5.56 Å². The van der Waals surface area contributed by atoms with Gasteiger partial charge in [-0.05, 0) is 50.5 Å². The SMILES string of the molecule is O=c1[nH]c(SC2C=CCCC2)nc2sc3c(c12)CCCC3. The summed E-state index contributed by atoms with van der Waals surface area (Å²) < 4.78 is 0. The molecule has 0 bridgehead atoms. The Balaban J connectivity index is 1.73. The number of aromatic nitrogens is 2. The van der Waals surface area contributed by atoms with Gasteiger partial charge in [-0.15, -0.1) is 11.3 Å². The largest absolute Gasteiger partial charge is 0.301 e. The van der Waals surface area contributed by atoms with E-state index in [0.717, 1.165) is 28.2 Å². The minimum absolute atomic E-state index is 0.0571. The van der Waals surface area contributed by atoms with E-state index < -0.39 is 0 Å². The molecular formula is C16H18N2OS2. The average molecular weight is 318 g/mol. The van der Waals surface area contributed by atoms with Crippen molar-refractivity contribution >= 4 is 33.3 Å². The number of H-pyrrole nitrogens is 1. The summed E-state index contributed by atoms with van der Waals surface area (Å²) in [4.78, 5) is 22.5. The van der Waals surface area contributed by atoms with Crippen LogP contribution in [0.3, 0.4) is 0 Å². The molecule has 4 rings (SSSR count). The third-order valence-electron chi connectivity index (χ3n) is 4.28. The monoisotopic (exact) mass is 318 g/mol. The minimum Gasteiger partial charge on any atom is -0.301 e. The highest BCUT2D eigenvalue weighted by Crippen LogP contribution is 2.35. The van der Waals surface area contributed by atoms with Crippen molar-refractivity contribution in [3.05, 3.63) is 32.9 Å². The molecule has 0 spiro atoms. The molecule has 1 unspecified atom stereocenters. The van der Waals surface area contributed by atoms with Gasteiger partial charge in [0.1, 0.15) is 4.83 Å². The predicted octanol–water partition coefficient (Wildman–Crippen LogP) is 4.06. The Morgan fingerprint density at radius 2 is 2.19 bits per heavy atom. The number of thioether (sulfide) groups is 1. The van der Waals surface area contributed by atoms with Crippen molar-refractivity contribution in [1.29, 1.82) is 0 Å². The molecule has 0 saturated heterocycles. The first-order chi connectivity index (χ1) is 10.3. The van der Waals surface area contributed by atoms with E-state index >= 15 is 0 Å². The molecule has 2 heterocycles. The van der Waals surface area contributed by atoms with Crippen LogP contribution in [0.25, 0.3) is 10.2 Å². The fraction of sp³-hybridized carbons (Fsp3) is 0.500. The van der Waals surface area contributed by atoms with Gasteiger partial charge in [-0.3, -0.25) is 4.79 Å². The Hall–Kier alpha value is -1.07. The highest BCUT2D eigenvalue weighted by Gasteiger charge is 2.20. The van der Waals surface area contributed by atoms with E-state index in [1.807, 2.05) is 0 Å². The first-order valence-corrected chi connectivity index (χ1v) is 9.39. The molecule has 3 nitrogen and oxygen atoms in total. The number of nitrogens with zero attached hydrogens (tertiary/aromatic N) is 1. The zero-order valence-electron chi connectivity index (χ0n) is 11.9. The summed E-state index contributed by atoms with van der Waals surface area (Å²) in [5, 5.41) is 2.09. The number of allylic oxidation sites excluding steroid dienone is 1. The molecule has 2 aromatic heterocycles. The molecule has 0 fully saturated rings. The van der Waals surface area contributed by atoms with Crippen LogP contribution in [0.4, 0.5) is 0 Å². The van der Waals surface area contributed by atoms with Crippen LogP contribution in [0.2, 0.25) is 0 Å². The van der Waals surface area contributed by atoms with Crippen molar-refractivity contribution in [2.45, 2.75) is 55.4 Å². The molecular weight excluding hydrogens is 300 g/mol. The number of rotatable bonds is 2. The van der Waals surface area contributed by atoms with Gasteiger partial charge in [0.25, 0.3) is 5.56 Å². The highest BCUT2D eigenvalue weighted by molar-refractivity contribution is 7.99. The maximum absolute atomic E-state index is 12.5. The third kappa shape index (κ3) is 2.57. The van der Waals surface area contributed by atoms with Crippen LogP contribution in [-0.2, 0) is 12.8 Å². The Morgan fingerprint density at radius 1 is 1.29 bits per heavy atom. The lowest BCUT2D eigenvalue weighted by atomic mass is 9.97. The first kappa shape index (κ1) is 13.6. The van der Waals surface area contributed by atoms with E-state index in [4.69, 9.17) is 4.98 Å². The molecule has 0 radical (unpaired) electrons. The molecule has 0 aliphatic heterocycles. The predicted molar refractivity (Wildman–Crippen MR) is 89.5 cm³/mol. The maximum atomic E-state index is 12.5. The number of aryl methyl sites for hydroxylation is 2. The molecule has 0 amide bonds. The first-order valence-electron chi connectivity index (χ1n) is 7.69. The fourth-order valence-corrected chi connectivity index (χ4v) is 5.60. The quantitative estimate of drug-likeness (QED) is 0.671. The maximum Gasteiger partial charge on any atom is 0.260 e. The number of aromatic amines is 1. The lowest BCUT2D eigenvalue weighted by molar-refractivity contribution is 0.700. The zero-order valence-corrected chi connectivity index (χ0v) is 13.5. The lowest BCUT2D eigenvalue weighted by Crippen LogP contribution is -2.12. The van der Waals surface area contributed by atoms with E-state index in [1.54, 1.807) is 23.1 Å². The van der Waals surface area contributed by atoms with Gasteiger partial charge >= 0.3 is 0 Å². The van der Waals surface area contributed by atoms with E-state index in [9.17, 15) is 4.79 Å². The van der Waals surface area contributed by atoms with Crippen molar-refractivity contribution in [1.82, 2.24) is 9.97 Å². The second-order valence-electron chi connectivity index (χ2n) is 5.78. The van der Waals surface area contributed by atoms with Crippen molar-refractivity contribution in [3.8, 4) is 0 Å². The van der Waals surface area contributed by atoms with Crippen LogP contribution in [0.1, 0.15) is 42.5 Å². The molecule has 1 N–H and O–H groups in total. The van der Waals surface area contributed by atoms with Crippen LogP contribution in [0.15, 0.2) is 22.1 Å². The average Bonchev–Trinajstić information content (AvgIpc) is 2.87. The van der Waals surface area contributed by atoms with Crippen molar-refractivity contribution in [3.63, 3.8) is 0 Å². The molecule has 5 heteroatoms. The number of hydrogen-bond acceptors (Lipinski definition) is 4. The number of nitrogens with one attached hydrogen (secondary N) is 1. The van der Waals surface area contributed by atoms with E-state index in [1.165, 1.54) is 42.5 Å². The van der Waals surface area contributed by atoms with Crippen LogP contribution in [-0.4, -0.2) is 15.2 Å². The minimum atomic E-state index is 0.0571. The van der Waals surface area contributed by atoms with Crippen LogP contribution < -0.4 is 5.56 Å². The van der Waals surface area contributed by atoms with Crippen molar-refractivity contribution < 1.29 is 0 Å². The lowest BCUT2D eigenvalue weighted by Gasteiger charge is -2.14. The molecule has 2 aliphatic carbocycles. The Kier molecular flexibility index (Phi) is 3.63. The zero-order chi connectivity index (χ0) is 14.2. The van der Waals surface area contributed by atoms with Crippen molar-refractivity contribution in [2.24, 2.45) is 0 Å². The normalized spacial score (nSPS) is 21.6. The van der Waals surface area contributed by atoms with Crippen LogP contribution in [0.5, 0.6) is 0 Å². The Labute approximate surface area is 131 Å². The fourth-order valence-electron chi connectivity index (χ4n) is 3.22. The topological polar surface area (TPSA) is 45.8 Å². The summed E-state index contributed by atoms with van der Waals surface area (Å²) in [5.74, 6) is 0. The van der Waals surface area contributed by atoms with Gasteiger partial charge in [0, 0.05) is 10.1 Å². The smallest absolute Gasteiger partial charge is 0.260 e.